The molecule has 1 aromatic carbocycles. The molecule has 5 nitrogen and oxygen atoms in total. The first-order valence-corrected chi connectivity index (χ1v) is 9.07. The summed E-state index contributed by atoms with van der Waals surface area (Å²) in [6, 6.07) is 11.0. The van der Waals surface area contributed by atoms with Crippen molar-refractivity contribution < 1.29 is 4.42 Å². The average molecular weight is 326 g/mol. The second kappa shape index (κ2) is 7.03. The minimum absolute atomic E-state index is 0.404. The van der Waals surface area contributed by atoms with Crippen LogP contribution < -0.4 is 0 Å². The summed E-state index contributed by atoms with van der Waals surface area (Å²) in [7, 11) is 2.22. The van der Waals surface area contributed by atoms with Gasteiger partial charge in [-0.05, 0) is 51.5 Å². The summed E-state index contributed by atoms with van der Waals surface area (Å²) >= 11 is 0. The van der Waals surface area contributed by atoms with E-state index in [0.717, 1.165) is 43.8 Å². The van der Waals surface area contributed by atoms with Gasteiger partial charge in [0.1, 0.15) is 0 Å². The summed E-state index contributed by atoms with van der Waals surface area (Å²) in [6.07, 6.45) is 4.43. The molecule has 2 saturated heterocycles. The van der Waals surface area contributed by atoms with E-state index in [-0.39, 0.29) is 0 Å². The third kappa shape index (κ3) is 3.52. The van der Waals surface area contributed by atoms with Crippen LogP contribution in [0.5, 0.6) is 0 Å². The summed E-state index contributed by atoms with van der Waals surface area (Å²) in [5, 5.41) is 8.60. The molecule has 2 fully saturated rings. The maximum absolute atomic E-state index is 5.97. The molecule has 1 unspecified atom stereocenters. The molecule has 0 amide bonds. The first kappa shape index (κ1) is 15.8. The van der Waals surface area contributed by atoms with Crippen molar-refractivity contribution in [3.05, 3.63) is 47.7 Å². The number of piperidine rings is 1. The minimum atomic E-state index is 0.404. The monoisotopic (exact) mass is 326 g/mol. The predicted octanol–water partition coefficient (Wildman–Crippen LogP) is 2.54. The molecule has 0 N–H and O–H groups in total. The van der Waals surface area contributed by atoms with E-state index in [1.165, 1.54) is 31.5 Å². The summed E-state index contributed by atoms with van der Waals surface area (Å²) < 4.78 is 5.97. The van der Waals surface area contributed by atoms with Crippen LogP contribution in [0.4, 0.5) is 0 Å². The van der Waals surface area contributed by atoms with Gasteiger partial charge in [0.15, 0.2) is 0 Å². The Labute approximate surface area is 143 Å². The molecule has 0 aliphatic carbocycles. The van der Waals surface area contributed by atoms with Gasteiger partial charge in [-0.3, -0.25) is 4.90 Å². The number of benzene rings is 1. The Morgan fingerprint density at radius 3 is 2.62 bits per heavy atom. The highest BCUT2D eigenvalue weighted by Gasteiger charge is 2.33. The van der Waals surface area contributed by atoms with E-state index < -0.39 is 0 Å². The van der Waals surface area contributed by atoms with Gasteiger partial charge in [0.05, 0.1) is 12.3 Å². The lowest BCUT2D eigenvalue weighted by Crippen LogP contribution is -2.42. The van der Waals surface area contributed by atoms with Crippen molar-refractivity contribution in [3.63, 3.8) is 0 Å². The smallest absolute Gasteiger partial charge is 0.220 e. The number of rotatable bonds is 4. The molecule has 2 aromatic rings. The summed E-state index contributed by atoms with van der Waals surface area (Å²) in [6.45, 7) is 4.66. The first-order chi connectivity index (χ1) is 11.8. The number of aromatic nitrogens is 2. The summed E-state index contributed by atoms with van der Waals surface area (Å²) in [5.41, 5.74) is 1.21. The van der Waals surface area contributed by atoms with Crippen molar-refractivity contribution >= 4 is 0 Å². The fourth-order valence-electron chi connectivity index (χ4n) is 3.95. The zero-order valence-corrected chi connectivity index (χ0v) is 14.4. The average Bonchev–Trinajstić information content (AvgIpc) is 3.26. The fourth-order valence-corrected chi connectivity index (χ4v) is 3.95. The first-order valence-electron chi connectivity index (χ1n) is 9.07. The van der Waals surface area contributed by atoms with Crippen LogP contribution in [0.1, 0.15) is 42.5 Å². The van der Waals surface area contributed by atoms with Gasteiger partial charge < -0.3 is 9.32 Å². The SMILES string of the molecule is CN1CCC(N2CCC(c3nnc(Cc4ccccc4)o3)C2)CC1. The van der Waals surface area contributed by atoms with E-state index in [4.69, 9.17) is 4.42 Å². The van der Waals surface area contributed by atoms with Crippen LogP contribution in [-0.4, -0.2) is 59.3 Å². The number of likely N-dealkylation sites (tertiary alicyclic amines) is 2. The van der Waals surface area contributed by atoms with Crippen LogP contribution in [-0.2, 0) is 6.42 Å². The number of hydrogen-bond acceptors (Lipinski definition) is 5. The van der Waals surface area contributed by atoms with Gasteiger partial charge in [0, 0.05) is 12.6 Å². The van der Waals surface area contributed by atoms with E-state index >= 15 is 0 Å². The molecule has 1 atom stereocenters. The molecular formula is C19H26N4O. The maximum Gasteiger partial charge on any atom is 0.220 e. The van der Waals surface area contributed by atoms with Gasteiger partial charge >= 0.3 is 0 Å². The van der Waals surface area contributed by atoms with Crippen LogP contribution in [0, 0.1) is 0 Å². The fraction of sp³-hybridized carbons (Fsp3) is 0.579. The molecule has 128 valence electrons. The summed E-state index contributed by atoms with van der Waals surface area (Å²) in [5.74, 6) is 1.96. The lowest BCUT2D eigenvalue weighted by atomic mass is 10.0. The predicted molar refractivity (Wildman–Crippen MR) is 93.0 cm³/mol. The standard InChI is InChI=1S/C19H26N4O/c1-22-10-8-17(9-11-22)23-12-7-16(14-23)19-21-20-18(24-19)13-15-5-3-2-4-6-15/h2-6,16-17H,7-14H2,1H3. The van der Waals surface area contributed by atoms with Crippen molar-refractivity contribution in [2.45, 2.75) is 37.6 Å². The molecule has 4 rings (SSSR count). The van der Waals surface area contributed by atoms with Gasteiger partial charge in [-0.1, -0.05) is 30.3 Å². The topological polar surface area (TPSA) is 45.4 Å². The number of hydrogen-bond donors (Lipinski definition) is 0. The lowest BCUT2D eigenvalue weighted by Gasteiger charge is -2.35. The molecule has 1 aromatic heterocycles. The Morgan fingerprint density at radius 2 is 1.83 bits per heavy atom. The molecule has 0 saturated carbocycles. The molecule has 0 radical (unpaired) electrons. The van der Waals surface area contributed by atoms with E-state index in [2.05, 4.69) is 39.2 Å². The van der Waals surface area contributed by atoms with Gasteiger partial charge in [-0.25, -0.2) is 0 Å². The van der Waals surface area contributed by atoms with Gasteiger partial charge in [0.25, 0.3) is 0 Å². The van der Waals surface area contributed by atoms with E-state index in [9.17, 15) is 0 Å². The van der Waals surface area contributed by atoms with Crippen LogP contribution in [0.2, 0.25) is 0 Å². The zero-order valence-electron chi connectivity index (χ0n) is 14.4. The molecule has 3 heterocycles. The highest BCUT2D eigenvalue weighted by molar-refractivity contribution is 5.18. The van der Waals surface area contributed by atoms with Crippen molar-refractivity contribution in [3.8, 4) is 0 Å². The Hall–Kier alpha value is -1.72. The third-order valence-electron chi connectivity index (χ3n) is 5.45. The van der Waals surface area contributed by atoms with Crippen molar-refractivity contribution in [1.29, 1.82) is 0 Å². The maximum atomic E-state index is 5.97. The molecular weight excluding hydrogens is 300 g/mol. The highest BCUT2D eigenvalue weighted by atomic mass is 16.4. The van der Waals surface area contributed by atoms with Crippen LogP contribution in [0.3, 0.4) is 0 Å². The lowest BCUT2D eigenvalue weighted by molar-refractivity contribution is 0.141. The number of nitrogens with zero attached hydrogens (tertiary/aromatic N) is 4. The zero-order chi connectivity index (χ0) is 16.4. The molecule has 24 heavy (non-hydrogen) atoms. The quantitative estimate of drug-likeness (QED) is 0.864. The highest BCUT2D eigenvalue weighted by Crippen LogP contribution is 2.30. The van der Waals surface area contributed by atoms with Crippen molar-refractivity contribution in [1.82, 2.24) is 20.0 Å². The van der Waals surface area contributed by atoms with E-state index in [1.54, 1.807) is 0 Å². The van der Waals surface area contributed by atoms with Crippen LogP contribution in [0.15, 0.2) is 34.7 Å². The third-order valence-corrected chi connectivity index (χ3v) is 5.45. The van der Waals surface area contributed by atoms with E-state index in [1.807, 2.05) is 18.2 Å². The molecule has 2 aliphatic rings. The Bertz CT molecular complexity index is 648. The second-order valence-electron chi connectivity index (χ2n) is 7.21. The Morgan fingerprint density at radius 1 is 1.04 bits per heavy atom. The van der Waals surface area contributed by atoms with E-state index in [0.29, 0.717) is 5.92 Å². The van der Waals surface area contributed by atoms with Gasteiger partial charge in [-0.15, -0.1) is 10.2 Å². The van der Waals surface area contributed by atoms with Crippen molar-refractivity contribution in [2.24, 2.45) is 0 Å². The molecule has 0 spiro atoms. The molecule has 0 bridgehead atoms. The summed E-state index contributed by atoms with van der Waals surface area (Å²) in [4.78, 5) is 5.07. The minimum Gasteiger partial charge on any atom is -0.425 e. The van der Waals surface area contributed by atoms with Crippen molar-refractivity contribution in [2.75, 3.05) is 33.2 Å². The Kier molecular flexibility index (Phi) is 4.63. The normalized spacial score (nSPS) is 23.8. The Balaban J connectivity index is 1.35. The van der Waals surface area contributed by atoms with Crippen LogP contribution in [0.25, 0.3) is 0 Å². The molecule has 5 heteroatoms. The van der Waals surface area contributed by atoms with Gasteiger partial charge in [-0.2, -0.15) is 0 Å². The second-order valence-corrected chi connectivity index (χ2v) is 7.21. The van der Waals surface area contributed by atoms with Gasteiger partial charge in [0.2, 0.25) is 11.8 Å². The largest absolute Gasteiger partial charge is 0.425 e. The van der Waals surface area contributed by atoms with Crippen LogP contribution >= 0.6 is 0 Å². The molecule has 2 aliphatic heterocycles.